The molecule has 3 N–H and O–H groups in total. The molecule has 5 atom stereocenters. The molecule has 0 aromatic rings. The summed E-state index contributed by atoms with van der Waals surface area (Å²) in [6.45, 7) is 4.85. The van der Waals surface area contributed by atoms with Gasteiger partial charge in [0.15, 0.2) is 12.2 Å². The number of carbonyl (C=O) groups is 4. The second-order valence-electron chi connectivity index (χ2n) is 26.7. The smallest absolute Gasteiger partial charge is 0.462 e. The lowest BCUT2D eigenvalue weighted by atomic mass is 10.0. The quantitative estimate of drug-likeness (QED) is 0.0169. The molecule has 0 aliphatic rings. The molecule has 17 nitrogen and oxygen atoms in total. The highest BCUT2D eigenvalue weighted by atomic mass is 31.2. The Hall–Kier alpha value is -3.24. The van der Waals surface area contributed by atoms with Crippen molar-refractivity contribution in [3.8, 4) is 0 Å². The molecule has 0 bridgehead atoms. The Labute approximate surface area is 597 Å². The van der Waals surface area contributed by atoms with E-state index in [1.807, 2.05) is 0 Å². The first-order valence-corrected chi connectivity index (χ1v) is 42.5. The van der Waals surface area contributed by atoms with E-state index in [2.05, 4.69) is 88.5 Å². The number of aliphatic hydroxyl groups is 1. The first-order chi connectivity index (χ1) is 47.7. The highest BCUT2D eigenvalue weighted by Crippen LogP contribution is 2.45. The van der Waals surface area contributed by atoms with Gasteiger partial charge in [-0.3, -0.25) is 37.3 Å². The van der Waals surface area contributed by atoms with E-state index >= 15 is 0 Å². The van der Waals surface area contributed by atoms with Crippen LogP contribution >= 0.6 is 15.6 Å². The summed E-state index contributed by atoms with van der Waals surface area (Å²) in [6.07, 6.45) is 70.6. The number of aliphatic hydroxyl groups excluding tert-OH is 1. The van der Waals surface area contributed by atoms with Gasteiger partial charge in [0.05, 0.1) is 26.4 Å². The lowest BCUT2D eigenvalue weighted by molar-refractivity contribution is -0.161. The van der Waals surface area contributed by atoms with Gasteiger partial charge in [-0.25, -0.2) is 9.13 Å². The Kier molecular flexibility index (Phi) is 69.7. The highest BCUT2D eigenvalue weighted by molar-refractivity contribution is 7.47. The number of hydrogen-bond acceptors (Lipinski definition) is 15. The molecular weight excluding hydrogens is 1280 g/mol. The van der Waals surface area contributed by atoms with Gasteiger partial charge < -0.3 is 33.8 Å². The summed E-state index contributed by atoms with van der Waals surface area (Å²) in [6, 6.07) is 0. The van der Waals surface area contributed by atoms with Crippen molar-refractivity contribution < 1.29 is 80.2 Å². The van der Waals surface area contributed by atoms with Gasteiger partial charge in [-0.2, -0.15) is 0 Å². The first-order valence-electron chi connectivity index (χ1n) is 39.5. The van der Waals surface area contributed by atoms with Crippen LogP contribution in [0.4, 0.5) is 0 Å². The average molecular weight is 1430 g/mol. The summed E-state index contributed by atoms with van der Waals surface area (Å²) in [5.74, 6) is -2.17. The van der Waals surface area contributed by atoms with E-state index in [0.29, 0.717) is 25.7 Å². The summed E-state index contributed by atoms with van der Waals surface area (Å²) in [4.78, 5) is 72.9. The van der Waals surface area contributed by atoms with Crippen molar-refractivity contribution in [2.24, 2.45) is 0 Å². The zero-order valence-electron chi connectivity index (χ0n) is 62.5. The lowest BCUT2D eigenvalue weighted by Crippen LogP contribution is -2.30. The summed E-state index contributed by atoms with van der Waals surface area (Å²) in [5.41, 5.74) is 0. The number of rotatable bonds is 75. The first kappa shape index (κ1) is 94.8. The molecule has 98 heavy (non-hydrogen) atoms. The normalized spacial score (nSPS) is 14.2. The number of ether oxygens (including phenoxy) is 4. The Morgan fingerprint density at radius 3 is 0.786 bits per heavy atom. The second-order valence-corrected chi connectivity index (χ2v) is 29.6. The molecule has 572 valence electrons. The van der Waals surface area contributed by atoms with Gasteiger partial charge in [-0.15, -0.1) is 0 Å². The number of unbranched alkanes of at least 4 members (excludes halogenated alkanes) is 39. The second kappa shape index (κ2) is 72.1. The molecular formula is C79H144O17P2. The van der Waals surface area contributed by atoms with Gasteiger partial charge in [-0.1, -0.05) is 300 Å². The van der Waals surface area contributed by atoms with Crippen LogP contribution in [0.25, 0.3) is 0 Å². The maximum Gasteiger partial charge on any atom is 0.472 e. The van der Waals surface area contributed by atoms with Gasteiger partial charge in [0.25, 0.3) is 0 Å². The molecule has 0 radical (unpaired) electrons. The summed E-state index contributed by atoms with van der Waals surface area (Å²) >= 11 is 0. The number of phosphoric ester groups is 2. The summed E-state index contributed by atoms with van der Waals surface area (Å²) < 4.78 is 68.5. The number of allylic oxidation sites excluding steroid dienone is 10. The van der Waals surface area contributed by atoms with Gasteiger partial charge in [0, 0.05) is 25.7 Å². The van der Waals surface area contributed by atoms with Crippen LogP contribution < -0.4 is 0 Å². The van der Waals surface area contributed by atoms with Crippen LogP contribution in [0.2, 0.25) is 0 Å². The fraction of sp³-hybridized carbons (Fsp3) is 0.823. The van der Waals surface area contributed by atoms with Crippen molar-refractivity contribution in [1.82, 2.24) is 0 Å². The Morgan fingerprint density at radius 1 is 0.286 bits per heavy atom. The van der Waals surface area contributed by atoms with Gasteiger partial charge >= 0.3 is 39.5 Å². The van der Waals surface area contributed by atoms with Crippen LogP contribution in [-0.4, -0.2) is 96.7 Å². The van der Waals surface area contributed by atoms with E-state index in [0.717, 1.165) is 148 Å². The minimum absolute atomic E-state index is 0.0795. The molecule has 0 aromatic carbocycles. The van der Waals surface area contributed by atoms with Crippen molar-refractivity contribution in [1.29, 1.82) is 0 Å². The summed E-state index contributed by atoms with van der Waals surface area (Å²) in [7, 11) is -9.94. The van der Waals surface area contributed by atoms with Crippen molar-refractivity contribution in [2.45, 2.75) is 380 Å². The Balaban J connectivity index is 5.31. The van der Waals surface area contributed by atoms with Crippen LogP contribution in [0.1, 0.15) is 362 Å². The predicted molar refractivity (Wildman–Crippen MR) is 400 cm³/mol. The molecule has 0 heterocycles. The zero-order chi connectivity index (χ0) is 71.8. The molecule has 0 saturated heterocycles. The molecule has 0 spiro atoms. The molecule has 0 saturated carbocycles. The Bertz CT molecular complexity index is 2100. The molecule has 0 aromatic heterocycles. The molecule has 0 amide bonds. The van der Waals surface area contributed by atoms with E-state index in [1.165, 1.54) is 135 Å². The van der Waals surface area contributed by atoms with E-state index in [9.17, 15) is 43.2 Å². The minimum Gasteiger partial charge on any atom is -0.462 e. The lowest BCUT2D eigenvalue weighted by Gasteiger charge is -2.21. The minimum atomic E-state index is -4.97. The monoisotopic (exact) mass is 1430 g/mol. The number of hydrogen-bond donors (Lipinski definition) is 3. The molecule has 0 rings (SSSR count). The maximum atomic E-state index is 13.1. The number of carbonyl (C=O) groups excluding carboxylic acids is 4. The number of esters is 4. The molecule has 0 aliphatic carbocycles. The number of phosphoric acid groups is 2. The summed E-state index contributed by atoms with van der Waals surface area (Å²) in [5, 5.41) is 10.6. The fourth-order valence-electron chi connectivity index (χ4n) is 10.9. The largest absolute Gasteiger partial charge is 0.472 e. The van der Waals surface area contributed by atoms with Crippen LogP contribution in [-0.2, 0) is 65.4 Å². The Morgan fingerprint density at radius 2 is 0.500 bits per heavy atom. The third-order valence-corrected chi connectivity index (χ3v) is 18.9. The third kappa shape index (κ3) is 71.2. The van der Waals surface area contributed by atoms with Crippen molar-refractivity contribution >= 4 is 39.5 Å². The zero-order valence-corrected chi connectivity index (χ0v) is 64.3. The maximum absolute atomic E-state index is 13.1. The van der Waals surface area contributed by atoms with E-state index in [1.54, 1.807) is 0 Å². The van der Waals surface area contributed by atoms with Crippen molar-refractivity contribution in [2.75, 3.05) is 39.6 Å². The standard InChI is InChI=1S/C79H144O17P2/c1-5-9-13-17-21-25-29-32-34-35-36-37-39-41-45-48-52-56-60-64-77(82)90-70-75(96-79(84)66-62-58-54-50-46-42-38-33-30-26-22-18-14-10-6-2)72-94-98(87,88)92-68-73(80)67-91-97(85,86)93-71-74(95-78(83)65-61-57-53-49-43-28-24-20-16-12-8-4)69-89-76(81)63-59-55-51-47-44-40-31-27-23-19-15-11-7-3/h21-22,25-26,32-34,36-38,73-75,80H,5-20,23-24,27-31,35,39-72H2,1-4H3,(H,85,86)(H,87,88)/b25-21-,26-22-,34-32-,37-36-,38-33-. The van der Waals surface area contributed by atoms with Gasteiger partial charge in [0.1, 0.15) is 19.3 Å². The SMILES string of the molecule is CCCCC/C=C\C/C=C\C/C=C\CCCCCCCCC(=O)OCC(COP(=O)(O)OCC(O)COP(=O)(O)OCC(COC(=O)CCCCCCCCCCCCCCC)OC(=O)CCCCCCCCCCCCC)OC(=O)CCCCCCC/C=C\C/C=C\CCCCC. The predicted octanol–water partition coefficient (Wildman–Crippen LogP) is 22.7. The van der Waals surface area contributed by atoms with Crippen LogP contribution in [0.15, 0.2) is 60.8 Å². The molecule has 19 heteroatoms. The van der Waals surface area contributed by atoms with Gasteiger partial charge in [-0.05, 0) is 96.3 Å². The highest BCUT2D eigenvalue weighted by Gasteiger charge is 2.30. The molecule has 0 fully saturated rings. The van der Waals surface area contributed by atoms with Gasteiger partial charge in [0.2, 0.25) is 0 Å². The van der Waals surface area contributed by atoms with Crippen molar-refractivity contribution in [3.63, 3.8) is 0 Å². The van der Waals surface area contributed by atoms with E-state index < -0.39 is 97.5 Å². The van der Waals surface area contributed by atoms with E-state index in [-0.39, 0.29) is 25.7 Å². The average Bonchev–Trinajstić information content (AvgIpc) is 0.992. The van der Waals surface area contributed by atoms with Crippen LogP contribution in [0, 0.1) is 0 Å². The van der Waals surface area contributed by atoms with Crippen LogP contribution in [0.3, 0.4) is 0 Å². The van der Waals surface area contributed by atoms with Crippen LogP contribution in [0.5, 0.6) is 0 Å². The molecule has 5 unspecified atom stereocenters. The molecule has 0 aliphatic heterocycles. The third-order valence-electron chi connectivity index (χ3n) is 17.0. The van der Waals surface area contributed by atoms with Crippen molar-refractivity contribution in [3.05, 3.63) is 60.8 Å². The topological polar surface area (TPSA) is 237 Å². The van der Waals surface area contributed by atoms with E-state index in [4.69, 9.17) is 37.0 Å². The fourth-order valence-corrected chi connectivity index (χ4v) is 12.5.